The number of para-hydroxylation sites is 1. The number of halogens is 2. The van der Waals surface area contributed by atoms with E-state index in [4.69, 9.17) is 9.47 Å². The van der Waals surface area contributed by atoms with E-state index in [1.54, 1.807) is 32.4 Å². The number of carbonyl (C=O) groups is 1. The van der Waals surface area contributed by atoms with E-state index in [-0.39, 0.29) is 48.3 Å². The lowest BCUT2D eigenvalue weighted by atomic mass is 10.3. The largest absolute Gasteiger partial charge is 0.486 e. The molecular weight excluding hydrogens is 442 g/mol. The Hall–Kier alpha value is -1.62. The van der Waals surface area contributed by atoms with Crippen LogP contribution in [0.3, 0.4) is 0 Å². The van der Waals surface area contributed by atoms with Gasteiger partial charge in [0.05, 0.1) is 19.7 Å². The number of aliphatic imine (C=N–C) groups is 1. The molecule has 0 aliphatic rings. The molecule has 0 bridgehead atoms. The summed E-state index contributed by atoms with van der Waals surface area (Å²) < 4.78 is 23.9. The summed E-state index contributed by atoms with van der Waals surface area (Å²) in [5.74, 6) is 0.0957. The van der Waals surface area contributed by atoms with Gasteiger partial charge in [-0.2, -0.15) is 0 Å². The highest BCUT2D eigenvalue weighted by molar-refractivity contribution is 14.0. The number of hydrogen-bond donors (Lipinski definition) is 3. The molecule has 0 heterocycles. The lowest BCUT2D eigenvalue weighted by molar-refractivity contribution is -0.120. The van der Waals surface area contributed by atoms with E-state index in [0.717, 1.165) is 0 Å². The number of carbonyl (C=O) groups excluding carboxylic acids is 1. The number of methoxy groups -OCH3 is 1. The summed E-state index contributed by atoms with van der Waals surface area (Å²) in [5.41, 5.74) is 0. The lowest BCUT2D eigenvalue weighted by Gasteiger charge is -2.18. The number of nitrogens with one attached hydrogen (secondary N) is 3. The molecule has 1 unspecified atom stereocenters. The summed E-state index contributed by atoms with van der Waals surface area (Å²) in [6, 6.07) is 6.23. The maximum absolute atomic E-state index is 13.5. The average molecular weight is 468 g/mol. The van der Waals surface area contributed by atoms with Gasteiger partial charge in [-0.25, -0.2) is 4.39 Å². The van der Waals surface area contributed by atoms with Gasteiger partial charge < -0.3 is 25.4 Å². The van der Waals surface area contributed by atoms with Crippen molar-refractivity contribution in [2.24, 2.45) is 4.99 Å². The number of guanidine groups is 1. The Morgan fingerprint density at radius 3 is 2.64 bits per heavy atom. The second-order valence-corrected chi connectivity index (χ2v) is 5.01. The Morgan fingerprint density at radius 2 is 2.00 bits per heavy atom. The van der Waals surface area contributed by atoms with Crippen LogP contribution >= 0.6 is 24.0 Å². The van der Waals surface area contributed by atoms with Crippen molar-refractivity contribution in [3.63, 3.8) is 0 Å². The van der Waals surface area contributed by atoms with Gasteiger partial charge in [0.15, 0.2) is 17.5 Å². The van der Waals surface area contributed by atoms with Crippen LogP contribution in [0.1, 0.15) is 6.92 Å². The molecule has 0 saturated heterocycles. The fraction of sp³-hybridized carbons (Fsp3) is 0.500. The Morgan fingerprint density at radius 1 is 1.28 bits per heavy atom. The van der Waals surface area contributed by atoms with Crippen LogP contribution in [0.2, 0.25) is 0 Å². The highest BCUT2D eigenvalue weighted by atomic mass is 127. The normalized spacial score (nSPS) is 11.9. The molecule has 0 aliphatic carbocycles. The summed E-state index contributed by atoms with van der Waals surface area (Å²) >= 11 is 0. The first kappa shape index (κ1) is 23.4. The van der Waals surface area contributed by atoms with E-state index < -0.39 is 5.82 Å². The molecule has 9 heteroatoms. The molecule has 142 valence electrons. The van der Waals surface area contributed by atoms with Gasteiger partial charge in [0.2, 0.25) is 5.91 Å². The van der Waals surface area contributed by atoms with Crippen molar-refractivity contribution in [3.8, 4) is 5.75 Å². The minimum absolute atomic E-state index is 0. The molecule has 0 fully saturated rings. The maximum atomic E-state index is 13.5. The van der Waals surface area contributed by atoms with Crippen molar-refractivity contribution < 1.29 is 18.7 Å². The fourth-order valence-electron chi connectivity index (χ4n) is 1.78. The zero-order valence-electron chi connectivity index (χ0n) is 14.7. The molecule has 3 N–H and O–H groups in total. The van der Waals surface area contributed by atoms with E-state index >= 15 is 0 Å². The predicted molar refractivity (Wildman–Crippen MR) is 106 cm³/mol. The third kappa shape index (κ3) is 10.1. The Balaban J connectivity index is 0.00000576. The minimum atomic E-state index is -0.403. The topological polar surface area (TPSA) is 84.0 Å². The van der Waals surface area contributed by atoms with Gasteiger partial charge >= 0.3 is 0 Å². The number of hydrogen-bond acceptors (Lipinski definition) is 4. The highest BCUT2D eigenvalue weighted by Crippen LogP contribution is 2.16. The van der Waals surface area contributed by atoms with E-state index in [9.17, 15) is 9.18 Å². The fourth-order valence-corrected chi connectivity index (χ4v) is 1.78. The van der Waals surface area contributed by atoms with Gasteiger partial charge in [0.25, 0.3) is 0 Å². The molecule has 0 aromatic heterocycles. The Bertz CT molecular complexity index is 546. The summed E-state index contributed by atoms with van der Waals surface area (Å²) in [6.07, 6.45) is -0.282. The molecular formula is C16H26FIN4O3. The standard InChI is InChI=1S/C16H25FN4O3.HI/c1-12(24-14-7-5-4-6-13(14)17)10-20-16(18-2)21-11-15(22)19-8-9-23-3;/h4-7,12H,8-11H2,1-3H3,(H,19,22)(H2,18,20,21);1H. The highest BCUT2D eigenvalue weighted by Gasteiger charge is 2.09. The van der Waals surface area contributed by atoms with Crippen molar-refractivity contribution >= 4 is 35.8 Å². The van der Waals surface area contributed by atoms with E-state index in [1.165, 1.54) is 6.07 Å². The molecule has 1 atom stereocenters. The third-order valence-corrected chi connectivity index (χ3v) is 2.99. The van der Waals surface area contributed by atoms with E-state index in [2.05, 4.69) is 20.9 Å². The van der Waals surface area contributed by atoms with Crippen LogP contribution in [-0.4, -0.2) is 58.4 Å². The first-order valence-electron chi connectivity index (χ1n) is 7.68. The first-order chi connectivity index (χ1) is 11.6. The van der Waals surface area contributed by atoms with Gasteiger partial charge in [-0.1, -0.05) is 12.1 Å². The second kappa shape index (κ2) is 13.6. The molecule has 1 aromatic rings. The number of nitrogens with zero attached hydrogens (tertiary/aromatic N) is 1. The van der Waals surface area contributed by atoms with Crippen molar-refractivity contribution in [2.45, 2.75) is 13.0 Å². The second-order valence-electron chi connectivity index (χ2n) is 5.01. The Kier molecular flexibility index (Phi) is 12.8. The van der Waals surface area contributed by atoms with Crippen LogP contribution in [0.25, 0.3) is 0 Å². The third-order valence-electron chi connectivity index (χ3n) is 2.99. The van der Waals surface area contributed by atoms with Gasteiger partial charge in [-0.3, -0.25) is 9.79 Å². The monoisotopic (exact) mass is 468 g/mol. The van der Waals surface area contributed by atoms with Gasteiger partial charge in [0, 0.05) is 20.7 Å². The SMILES string of the molecule is CN=C(NCC(=O)NCCOC)NCC(C)Oc1ccccc1F.I. The molecule has 0 aliphatic heterocycles. The molecule has 7 nitrogen and oxygen atoms in total. The quantitative estimate of drug-likeness (QED) is 0.219. The molecule has 0 saturated carbocycles. The Labute approximate surface area is 164 Å². The lowest BCUT2D eigenvalue weighted by Crippen LogP contribution is -2.45. The number of ether oxygens (including phenoxy) is 2. The molecule has 1 rings (SSSR count). The van der Waals surface area contributed by atoms with E-state index in [0.29, 0.717) is 25.7 Å². The van der Waals surface area contributed by atoms with Crippen LogP contribution in [0, 0.1) is 5.82 Å². The number of benzene rings is 1. The van der Waals surface area contributed by atoms with Gasteiger partial charge in [0.1, 0.15) is 6.10 Å². The number of rotatable bonds is 9. The molecule has 0 radical (unpaired) electrons. The first-order valence-corrected chi connectivity index (χ1v) is 7.68. The summed E-state index contributed by atoms with van der Waals surface area (Å²) in [7, 11) is 3.17. The van der Waals surface area contributed by atoms with Crippen LogP contribution < -0.4 is 20.7 Å². The number of amides is 1. The van der Waals surface area contributed by atoms with Gasteiger partial charge in [-0.05, 0) is 19.1 Å². The van der Waals surface area contributed by atoms with Crippen LogP contribution in [0.15, 0.2) is 29.3 Å². The molecule has 0 spiro atoms. The molecule has 1 aromatic carbocycles. The zero-order chi connectivity index (χ0) is 17.8. The molecule has 1 amide bonds. The van der Waals surface area contributed by atoms with Crippen LogP contribution in [0.4, 0.5) is 4.39 Å². The summed E-state index contributed by atoms with van der Waals surface area (Å²) in [4.78, 5) is 15.6. The van der Waals surface area contributed by atoms with Gasteiger partial charge in [-0.15, -0.1) is 24.0 Å². The van der Waals surface area contributed by atoms with Crippen molar-refractivity contribution in [3.05, 3.63) is 30.1 Å². The average Bonchev–Trinajstić information content (AvgIpc) is 2.57. The van der Waals surface area contributed by atoms with E-state index in [1.807, 2.05) is 6.92 Å². The van der Waals surface area contributed by atoms with Crippen LogP contribution in [0.5, 0.6) is 5.75 Å². The molecule has 25 heavy (non-hydrogen) atoms. The summed E-state index contributed by atoms with van der Waals surface area (Å²) in [6.45, 7) is 3.22. The summed E-state index contributed by atoms with van der Waals surface area (Å²) in [5, 5.41) is 8.59. The maximum Gasteiger partial charge on any atom is 0.239 e. The predicted octanol–water partition coefficient (Wildman–Crippen LogP) is 1.14. The minimum Gasteiger partial charge on any atom is -0.486 e. The van der Waals surface area contributed by atoms with Crippen molar-refractivity contribution in [2.75, 3.05) is 40.4 Å². The van der Waals surface area contributed by atoms with Crippen LogP contribution in [-0.2, 0) is 9.53 Å². The smallest absolute Gasteiger partial charge is 0.239 e. The zero-order valence-corrected chi connectivity index (χ0v) is 17.0. The van der Waals surface area contributed by atoms with Crippen molar-refractivity contribution in [1.29, 1.82) is 0 Å². The van der Waals surface area contributed by atoms with Crippen molar-refractivity contribution in [1.82, 2.24) is 16.0 Å².